The molecule has 4 rings (SSSR count). The van der Waals surface area contributed by atoms with Crippen molar-refractivity contribution in [2.75, 3.05) is 50.7 Å². The summed E-state index contributed by atoms with van der Waals surface area (Å²) in [7, 11) is 1.89. The van der Waals surface area contributed by atoms with Gasteiger partial charge in [-0.3, -0.25) is 14.4 Å². The summed E-state index contributed by atoms with van der Waals surface area (Å²) < 4.78 is 1.77. The van der Waals surface area contributed by atoms with E-state index in [1.54, 1.807) is 11.0 Å². The van der Waals surface area contributed by atoms with E-state index >= 15 is 0 Å². The molecule has 0 spiro atoms. The van der Waals surface area contributed by atoms with Gasteiger partial charge >= 0.3 is 0 Å². The van der Waals surface area contributed by atoms with Crippen molar-refractivity contribution in [3.63, 3.8) is 0 Å². The number of nitrogens with zero attached hydrogens (tertiary/aromatic N) is 7. The molecule has 2 fully saturated rings. The lowest BCUT2D eigenvalue weighted by molar-refractivity contribution is -0.131. The second-order valence-electron chi connectivity index (χ2n) is 6.55. The van der Waals surface area contributed by atoms with Gasteiger partial charge in [-0.1, -0.05) is 0 Å². The molecule has 2 aliphatic rings. The average molecular weight is 329 g/mol. The minimum Gasteiger partial charge on any atom is -0.353 e. The molecule has 0 aliphatic carbocycles. The standard InChI is InChI=1S/C16H23N7O/c1-20-15-13(10-19-20)16(18-12-17-15)23-8-6-21(7-9-23)11-14(24)22-4-2-3-5-22/h10,12H,2-9,11H2,1H3. The van der Waals surface area contributed by atoms with Gasteiger partial charge in [-0.05, 0) is 12.8 Å². The smallest absolute Gasteiger partial charge is 0.236 e. The highest BCUT2D eigenvalue weighted by Gasteiger charge is 2.25. The summed E-state index contributed by atoms with van der Waals surface area (Å²) in [6.45, 7) is 5.90. The van der Waals surface area contributed by atoms with E-state index in [1.807, 2.05) is 18.1 Å². The molecule has 0 aromatic carbocycles. The van der Waals surface area contributed by atoms with Gasteiger partial charge in [0.15, 0.2) is 5.65 Å². The fourth-order valence-electron chi connectivity index (χ4n) is 3.58. The zero-order chi connectivity index (χ0) is 16.5. The number of aryl methyl sites for hydroxylation is 1. The normalized spacial score (nSPS) is 19.4. The quantitative estimate of drug-likeness (QED) is 0.796. The van der Waals surface area contributed by atoms with Gasteiger partial charge in [0.05, 0.1) is 18.1 Å². The summed E-state index contributed by atoms with van der Waals surface area (Å²) in [6, 6.07) is 0. The van der Waals surface area contributed by atoms with Crippen molar-refractivity contribution in [3.05, 3.63) is 12.5 Å². The Bertz CT molecular complexity index is 729. The van der Waals surface area contributed by atoms with E-state index in [9.17, 15) is 4.79 Å². The lowest BCUT2D eigenvalue weighted by Crippen LogP contribution is -2.50. The van der Waals surface area contributed by atoms with Gasteiger partial charge in [-0.2, -0.15) is 5.10 Å². The van der Waals surface area contributed by atoms with Crippen LogP contribution in [0.5, 0.6) is 0 Å². The Morgan fingerprint density at radius 2 is 1.83 bits per heavy atom. The van der Waals surface area contributed by atoms with Crippen LogP contribution in [0.1, 0.15) is 12.8 Å². The Balaban J connectivity index is 1.39. The molecule has 1 amide bonds. The first-order valence-electron chi connectivity index (χ1n) is 8.60. The number of hydrogen-bond donors (Lipinski definition) is 0. The second-order valence-corrected chi connectivity index (χ2v) is 6.55. The van der Waals surface area contributed by atoms with Crippen LogP contribution in [0.25, 0.3) is 11.0 Å². The topological polar surface area (TPSA) is 70.4 Å². The molecule has 2 aromatic rings. The highest BCUT2D eigenvalue weighted by molar-refractivity contribution is 5.86. The Labute approximate surface area is 141 Å². The number of likely N-dealkylation sites (tertiary alicyclic amines) is 1. The van der Waals surface area contributed by atoms with E-state index in [1.165, 1.54) is 0 Å². The van der Waals surface area contributed by atoms with Gasteiger partial charge in [0.25, 0.3) is 0 Å². The van der Waals surface area contributed by atoms with E-state index in [0.29, 0.717) is 6.54 Å². The number of rotatable bonds is 3. The van der Waals surface area contributed by atoms with E-state index in [2.05, 4.69) is 24.9 Å². The monoisotopic (exact) mass is 329 g/mol. The molecule has 2 saturated heterocycles. The summed E-state index contributed by atoms with van der Waals surface area (Å²) in [5, 5.41) is 5.26. The van der Waals surface area contributed by atoms with Crippen LogP contribution in [0.3, 0.4) is 0 Å². The zero-order valence-corrected chi connectivity index (χ0v) is 14.1. The number of fused-ring (bicyclic) bond motifs is 1. The average Bonchev–Trinajstić information content (AvgIpc) is 3.26. The third kappa shape index (κ3) is 2.82. The Hall–Kier alpha value is -2.22. The predicted octanol–water partition coefficient (Wildman–Crippen LogP) is 0.108. The number of amides is 1. The van der Waals surface area contributed by atoms with E-state index in [0.717, 1.165) is 69.0 Å². The van der Waals surface area contributed by atoms with Crippen LogP contribution in [0.4, 0.5) is 5.82 Å². The summed E-state index contributed by atoms with van der Waals surface area (Å²) in [5.74, 6) is 1.22. The molecule has 0 radical (unpaired) electrons. The fourth-order valence-corrected chi connectivity index (χ4v) is 3.58. The highest BCUT2D eigenvalue weighted by Crippen LogP contribution is 2.23. The number of anilines is 1. The fraction of sp³-hybridized carbons (Fsp3) is 0.625. The van der Waals surface area contributed by atoms with Crippen molar-refractivity contribution in [2.24, 2.45) is 7.05 Å². The minimum atomic E-state index is 0.276. The number of piperazine rings is 1. The molecule has 0 atom stereocenters. The Morgan fingerprint density at radius 3 is 2.58 bits per heavy atom. The number of carbonyl (C=O) groups excluding carboxylic acids is 1. The maximum Gasteiger partial charge on any atom is 0.236 e. The van der Waals surface area contributed by atoms with Crippen LogP contribution in [0.2, 0.25) is 0 Å². The van der Waals surface area contributed by atoms with Gasteiger partial charge in [-0.15, -0.1) is 0 Å². The van der Waals surface area contributed by atoms with Crippen molar-refractivity contribution < 1.29 is 4.79 Å². The molecule has 4 heterocycles. The molecule has 128 valence electrons. The summed E-state index contributed by atoms with van der Waals surface area (Å²) in [6.07, 6.45) is 5.72. The second kappa shape index (κ2) is 6.35. The van der Waals surface area contributed by atoms with Gasteiger partial charge in [0.2, 0.25) is 5.91 Å². The Kier molecular flexibility index (Phi) is 4.05. The van der Waals surface area contributed by atoms with Crippen molar-refractivity contribution in [3.8, 4) is 0 Å². The lowest BCUT2D eigenvalue weighted by atomic mass is 10.2. The first-order chi connectivity index (χ1) is 11.7. The molecule has 8 nitrogen and oxygen atoms in total. The van der Waals surface area contributed by atoms with Crippen LogP contribution >= 0.6 is 0 Å². The van der Waals surface area contributed by atoms with Crippen LogP contribution in [0, 0.1) is 0 Å². The molecule has 0 bridgehead atoms. The maximum absolute atomic E-state index is 12.3. The van der Waals surface area contributed by atoms with Gasteiger partial charge < -0.3 is 9.80 Å². The van der Waals surface area contributed by atoms with E-state index in [-0.39, 0.29) is 5.91 Å². The molecule has 0 N–H and O–H groups in total. The highest BCUT2D eigenvalue weighted by atomic mass is 16.2. The molecule has 2 aromatic heterocycles. The van der Waals surface area contributed by atoms with Crippen LogP contribution < -0.4 is 4.90 Å². The molecule has 0 unspecified atom stereocenters. The third-order valence-electron chi connectivity index (χ3n) is 5.00. The van der Waals surface area contributed by atoms with Crippen LogP contribution in [-0.4, -0.2) is 81.3 Å². The van der Waals surface area contributed by atoms with Crippen LogP contribution in [0.15, 0.2) is 12.5 Å². The van der Waals surface area contributed by atoms with Gasteiger partial charge in [0.1, 0.15) is 12.1 Å². The summed E-state index contributed by atoms with van der Waals surface area (Å²) in [5.41, 5.74) is 0.853. The van der Waals surface area contributed by atoms with Crippen molar-refractivity contribution >= 4 is 22.8 Å². The zero-order valence-electron chi connectivity index (χ0n) is 14.1. The SMILES string of the molecule is Cn1ncc2c(N3CCN(CC(=O)N4CCCC4)CC3)ncnc21. The minimum absolute atomic E-state index is 0.276. The molecule has 24 heavy (non-hydrogen) atoms. The van der Waals surface area contributed by atoms with Crippen molar-refractivity contribution in [1.82, 2.24) is 29.5 Å². The maximum atomic E-state index is 12.3. The van der Waals surface area contributed by atoms with Crippen molar-refractivity contribution in [2.45, 2.75) is 12.8 Å². The first kappa shape index (κ1) is 15.3. The molecular formula is C16H23N7O. The number of hydrogen-bond acceptors (Lipinski definition) is 6. The number of carbonyl (C=O) groups is 1. The third-order valence-corrected chi connectivity index (χ3v) is 5.00. The predicted molar refractivity (Wildman–Crippen MR) is 90.8 cm³/mol. The number of aromatic nitrogens is 4. The summed E-state index contributed by atoms with van der Waals surface area (Å²) in [4.78, 5) is 27.6. The van der Waals surface area contributed by atoms with E-state index in [4.69, 9.17) is 0 Å². The van der Waals surface area contributed by atoms with Crippen molar-refractivity contribution in [1.29, 1.82) is 0 Å². The molecule has 0 saturated carbocycles. The largest absolute Gasteiger partial charge is 0.353 e. The van der Waals surface area contributed by atoms with Gasteiger partial charge in [0, 0.05) is 46.3 Å². The molecule has 8 heteroatoms. The first-order valence-corrected chi connectivity index (χ1v) is 8.60. The molecule has 2 aliphatic heterocycles. The van der Waals surface area contributed by atoms with Gasteiger partial charge in [-0.25, -0.2) is 9.97 Å². The molecular weight excluding hydrogens is 306 g/mol. The van der Waals surface area contributed by atoms with E-state index < -0.39 is 0 Å². The van der Waals surface area contributed by atoms with Crippen LogP contribution in [-0.2, 0) is 11.8 Å². The summed E-state index contributed by atoms with van der Waals surface area (Å²) >= 11 is 0. The lowest BCUT2D eigenvalue weighted by Gasteiger charge is -2.35. The Morgan fingerprint density at radius 1 is 1.08 bits per heavy atom.